The predicted octanol–water partition coefficient (Wildman–Crippen LogP) is 0.407. The van der Waals surface area contributed by atoms with Crippen LogP contribution in [-0.2, 0) is 3.83 Å². The van der Waals surface area contributed by atoms with Crippen LogP contribution >= 0.6 is 0 Å². The van der Waals surface area contributed by atoms with Gasteiger partial charge in [0.05, 0.1) is 0 Å². The van der Waals surface area contributed by atoms with Crippen LogP contribution in [0, 0.1) is 0 Å². The molecule has 4 heteroatoms. The van der Waals surface area contributed by atoms with E-state index in [-0.39, 0.29) is 4.82 Å². The summed E-state index contributed by atoms with van der Waals surface area (Å²) in [5.41, 5.74) is 0. The third-order valence-corrected chi connectivity index (χ3v) is 5.13. The molecule has 1 aliphatic rings. The Labute approximate surface area is 63.1 Å². The topological polar surface area (TPSA) is 57.5 Å². The van der Waals surface area contributed by atoms with Crippen LogP contribution in [-0.4, -0.2) is 21.8 Å². The molecular formula is C6H14O3Se. The van der Waals surface area contributed by atoms with Crippen molar-refractivity contribution in [2.24, 2.45) is 0 Å². The summed E-state index contributed by atoms with van der Waals surface area (Å²) >= 11 is -4.32. The van der Waals surface area contributed by atoms with Crippen molar-refractivity contribution in [2.75, 3.05) is 0 Å². The molecule has 1 aliphatic carbocycles. The minimum absolute atomic E-state index is 0.271. The molecule has 0 saturated heterocycles. The van der Waals surface area contributed by atoms with Crippen molar-refractivity contribution in [2.45, 2.75) is 36.9 Å². The normalized spacial score (nSPS) is 24.6. The zero-order valence-corrected chi connectivity index (χ0v) is 7.74. The molecule has 0 aromatic carbocycles. The average molecular weight is 213 g/mol. The summed E-state index contributed by atoms with van der Waals surface area (Å²) in [5, 5.41) is 0. The Kier molecular flexibility index (Phi) is 2.58. The third kappa shape index (κ3) is 2.13. The fourth-order valence-corrected chi connectivity index (χ4v) is 3.59. The molecule has 3 nitrogen and oxygen atoms in total. The Bertz CT molecular complexity index is 145. The van der Waals surface area contributed by atoms with Gasteiger partial charge in [-0.1, -0.05) is 0 Å². The summed E-state index contributed by atoms with van der Waals surface area (Å²) in [4.78, 5) is -0.271. The summed E-state index contributed by atoms with van der Waals surface area (Å²) in [6, 6.07) is 0. The molecule has 10 heavy (non-hydrogen) atoms. The summed E-state index contributed by atoms with van der Waals surface area (Å²) in [6.45, 7) is 0. The average Bonchev–Trinajstić information content (AvgIpc) is 1.88. The van der Waals surface area contributed by atoms with E-state index in [4.69, 9.17) is 8.38 Å². The zero-order chi connectivity index (χ0) is 7.61. The van der Waals surface area contributed by atoms with Gasteiger partial charge in [0, 0.05) is 0 Å². The Morgan fingerprint density at radius 2 is 1.60 bits per heavy atom. The van der Waals surface area contributed by atoms with E-state index in [2.05, 4.69) is 0 Å². The Morgan fingerprint density at radius 1 is 1.10 bits per heavy atom. The van der Waals surface area contributed by atoms with E-state index in [0.29, 0.717) is 0 Å². The number of hydrogen-bond acceptors (Lipinski definition) is 1. The van der Waals surface area contributed by atoms with Gasteiger partial charge < -0.3 is 0 Å². The van der Waals surface area contributed by atoms with Gasteiger partial charge >= 0.3 is 62.6 Å². The van der Waals surface area contributed by atoms with E-state index in [9.17, 15) is 3.83 Å². The monoisotopic (exact) mass is 214 g/mol. The van der Waals surface area contributed by atoms with Gasteiger partial charge in [0.25, 0.3) is 0 Å². The van der Waals surface area contributed by atoms with Gasteiger partial charge in [-0.05, 0) is 0 Å². The molecule has 1 rings (SSSR count). The fraction of sp³-hybridized carbons (Fsp3) is 1.00. The van der Waals surface area contributed by atoms with Crippen LogP contribution < -0.4 is 0 Å². The molecule has 0 radical (unpaired) electrons. The van der Waals surface area contributed by atoms with E-state index >= 15 is 0 Å². The maximum absolute atomic E-state index is 10.7. The van der Waals surface area contributed by atoms with E-state index in [1.165, 1.54) is 0 Å². The fourth-order valence-electron chi connectivity index (χ4n) is 1.42. The van der Waals surface area contributed by atoms with Crippen molar-refractivity contribution in [1.29, 1.82) is 0 Å². The van der Waals surface area contributed by atoms with Crippen molar-refractivity contribution in [1.82, 2.24) is 0 Å². The summed E-state index contributed by atoms with van der Waals surface area (Å²) in [6.07, 6.45) is 4.62. The Hall–Kier alpha value is 0.239. The molecule has 0 heterocycles. The van der Waals surface area contributed by atoms with Gasteiger partial charge in [0.15, 0.2) is 0 Å². The molecule has 0 atom stereocenters. The zero-order valence-electron chi connectivity index (χ0n) is 5.86. The molecular weight excluding hydrogens is 199 g/mol. The number of hydrogen-bond donors (Lipinski definition) is 2. The van der Waals surface area contributed by atoms with Gasteiger partial charge in [-0.3, -0.25) is 0 Å². The summed E-state index contributed by atoms with van der Waals surface area (Å²) < 4.78 is 28.4. The SMILES string of the molecule is O=[SeH](O)(O)C1CCCCC1. The van der Waals surface area contributed by atoms with Crippen LogP contribution in [0.25, 0.3) is 0 Å². The third-order valence-electron chi connectivity index (χ3n) is 2.05. The van der Waals surface area contributed by atoms with Gasteiger partial charge in [-0.15, -0.1) is 0 Å². The van der Waals surface area contributed by atoms with Gasteiger partial charge in [0.2, 0.25) is 0 Å². The molecule has 1 saturated carbocycles. The predicted molar refractivity (Wildman–Crippen MR) is 39.1 cm³/mol. The molecule has 0 bridgehead atoms. The second-order valence-electron chi connectivity index (χ2n) is 2.88. The number of rotatable bonds is 1. The summed E-state index contributed by atoms with van der Waals surface area (Å²) in [5.74, 6) is 0. The van der Waals surface area contributed by atoms with Crippen molar-refractivity contribution in [3.05, 3.63) is 0 Å². The molecule has 1 fully saturated rings. The first-order valence-electron chi connectivity index (χ1n) is 3.66. The van der Waals surface area contributed by atoms with Gasteiger partial charge in [-0.25, -0.2) is 0 Å². The second kappa shape index (κ2) is 3.09. The molecule has 0 spiro atoms. The van der Waals surface area contributed by atoms with Crippen LogP contribution in [0.1, 0.15) is 32.1 Å². The van der Waals surface area contributed by atoms with E-state index in [1.807, 2.05) is 0 Å². The van der Waals surface area contributed by atoms with E-state index in [0.717, 1.165) is 32.1 Å². The first-order valence-corrected chi connectivity index (χ1v) is 7.19. The van der Waals surface area contributed by atoms with Crippen LogP contribution in [0.15, 0.2) is 0 Å². The molecule has 2 N–H and O–H groups in total. The van der Waals surface area contributed by atoms with Gasteiger partial charge in [-0.2, -0.15) is 0 Å². The Balaban J connectivity index is 2.47. The standard InChI is InChI=1S/C6H14O3Se/c7-10(8,9)6-4-2-1-3-5-6/h6,10H,1-5H2,(H2,7,8,9). The van der Waals surface area contributed by atoms with Crippen LogP contribution in [0.4, 0.5) is 0 Å². The molecule has 0 aromatic heterocycles. The quantitative estimate of drug-likeness (QED) is 0.620. The maximum atomic E-state index is 10.7. The van der Waals surface area contributed by atoms with Gasteiger partial charge in [0.1, 0.15) is 0 Å². The van der Waals surface area contributed by atoms with Crippen LogP contribution in [0.3, 0.4) is 0 Å². The molecule has 0 aromatic rings. The Morgan fingerprint density at radius 3 is 1.90 bits per heavy atom. The van der Waals surface area contributed by atoms with Crippen LogP contribution in [0.5, 0.6) is 0 Å². The van der Waals surface area contributed by atoms with Crippen molar-refractivity contribution < 1.29 is 12.2 Å². The van der Waals surface area contributed by atoms with Crippen LogP contribution in [0.2, 0.25) is 4.82 Å². The molecule has 0 aliphatic heterocycles. The van der Waals surface area contributed by atoms with E-state index < -0.39 is 13.4 Å². The first kappa shape index (κ1) is 8.34. The second-order valence-corrected chi connectivity index (χ2v) is 6.89. The van der Waals surface area contributed by atoms with Crippen molar-refractivity contribution in [3.8, 4) is 0 Å². The van der Waals surface area contributed by atoms with Crippen molar-refractivity contribution >= 4 is 13.4 Å². The molecule has 0 unspecified atom stereocenters. The molecule has 0 amide bonds. The summed E-state index contributed by atoms with van der Waals surface area (Å²) in [7, 11) is 0. The van der Waals surface area contributed by atoms with Crippen molar-refractivity contribution in [3.63, 3.8) is 0 Å². The molecule has 62 valence electrons. The van der Waals surface area contributed by atoms with E-state index in [1.54, 1.807) is 0 Å². The first-order chi connectivity index (χ1) is 4.61. The minimum atomic E-state index is -4.32.